The number of aromatic nitrogens is 2. The van der Waals surface area contributed by atoms with Gasteiger partial charge in [0.1, 0.15) is 18.8 Å². The molecule has 2 N–H and O–H groups in total. The van der Waals surface area contributed by atoms with E-state index in [1.807, 2.05) is 0 Å². The number of aromatic amines is 1. The van der Waals surface area contributed by atoms with Gasteiger partial charge in [-0.25, -0.2) is 4.79 Å². The topological polar surface area (TPSA) is 120 Å². The van der Waals surface area contributed by atoms with E-state index in [2.05, 4.69) is 59.6 Å². The molecule has 9 nitrogen and oxygen atoms in total. The molecule has 0 aliphatic rings. The number of nitrogens with zero attached hydrogens (tertiary/aromatic N) is 1. The van der Waals surface area contributed by atoms with Crippen LogP contribution in [-0.2, 0) is 38.6 Å². The minimum atomic E-state index is -1.14. The lowest BCUT2D eigenvalue weighted by molar-refractivity contribution is -0.147. The van der Waals surface area contributed by atoms with E-state index in [1.165, 1.54) is 62.7 Å². The van der Waals surface area contributed by atoms with Gasteiger partial charge in [0.2, 0.25) is 0 Å². The van der Waals surface area contributed by atoms with E-state index in [0.29, 0.717) is 6.61 Å². The van der Waals surface area contributed by atoms with Crippen LogP contribution in [0.25, 0.3) is 32.3 Å². The van der Waals surface area contributed by atoms with Gasteiger partial charge in [0.05, 0.1) is 18.7 Å². The summed E-state index contributed by atoms with van der Waals surface area (Å²) < 4.78 is 17.0. The fourth-order valence-corrected chi connectivity index (χ4v) is 5.54. The summed E-state index contributed by atoms with van der Waals surface area (Å²) in [6.07, 6.45) is 3.23. The summed E-state index contributed by atoms with van der Waals surface area (Å²) in [7, 11) is 1.37. The van der Waals surface area contributed by atoms with Crippen LogP contribution in [0.3, 0.4) is 0 Å². The van der Waals surface area contributed by atoms with E-state index in [4.69, 9.17) is 14.2 Å². The molecule has 0 saturated carbocycles. The number of carbonyl (C=O) groups excluding carboxylic acids is 1. The van der Waals surface area contributed by atoms with Crippen molar-refractivity contribution in [2.45, 2.75) is 58.0 Å². The number of aliphatic hydroxyl groups excluding tert-OH is 1. The van der Waals surface area contributed by atoms with Crippen LogP contribution < -0.4 is 11.2 Å². The third kappa shape index (κ3) is 6.54. The monoisotopic (exact) mass is 572 g/mol. The first-order chi connectivity index (χ1) is 20.4. The number of methoxy groups -OCH3 is 1. The third-order valence-electron chi connectivity index (χ3n) is 7.76. The number of H-pyrrole nitrogens is 1. The highest BCUT2D eigenvalue weighted by Gasteiger charge is 2.22. The van der Waals surface area contributed by atoms with Crippen molar-refractivity contribution in [2.75, 3.05) is 20.3 Å². The first-order valence-corrected chi connectivity index (χ1v) is 14.3. The van der Waals surface area contributed by atoms with Crippen molar-refractivity contribution in [1.82, 2.24) is 9.55 Å². The van der Waals surface area contributed by atoms with Gasteiger partial charge < -0.3 is 19.3 Å². The van der Waals surface area contributed by atoms with E-state index in [-0.39, 0.29) is 25.3 Å². The van der Waals surface area contributed by atoms with Gasteiger partial charge in [-0.3, -0.25) is 19.1 Å². The van der Waals surface area contributed by atoms with Gasteiger partial charge in [0, 0.05) is 26.8 Å². The maximum atomic E-state index is 12.3. The molecule has 0 aliphatic heterocycles. The number of hydrogen-bond donors (Lipinski definition) is 2. The Morgan fingerprint density at radius 2 is 1.64 bits per heavy atom. The van der Waals surface area contributed by atoms with Crippen molar-refractivity contribution in [3.05, 3.63) is 92.8 Å². The van der Waals surface area contributed by atoms with E-state index < -0.39 is 29.4 Å². The molecule has 5 aromatic rings. The molecule has 0 bridgehead atoms. The van der Waals surface area contributed by atoms with Crippen molar-refractivity contribution in [2.24, 2.45) is 0 Å². The molecular weight excluding hydrogens is 536 g/mol. The number of rotatable bonds is 14. The SMILES string of the molecule is COC(COC(C)=O)C(O)Cn1cc(COCCCCCc2ccc3ccc4cccc5ccc2c3c45)c(=O)[nH]c1=O. The quantitative estimate of drug-likeness (QED) is 0.116. The van der Waals surface area contributed by atoms with Crippen molar-refractivity contribution in [3.63, 3.8) is 0 Å². The molecule has 2 atom stereocenters. The Hall–Kier alpha value is -4.05. The molecular formula is C33H36N2O7. The first-order valence-electron chi connectivity index (χ1n) is 14.3. The van der Waals surface area contributed by atoms with Crippen LogP contribution in [0.1, 0.15) is 37.3 Å². The zero-order chi connectivity index (χ0) is 29.6. The second-order valence-electron chi connectivity index (χ2n) is 10.7. The molecule has 0 spiro atoms. The van der Waals surface area contributed by atoms with Crippen LogP contribution in [0.15, 0.2) is 70.4 Å². The number of benzene rings is 4. The van der Waals surface area contributed by atoms with Crippen molar-refractivity contribution >= 4 is 38.3 Å². The molecule has 0 saturated heterocycles. The van der Waals surface area contributed by atoms with Crippen molar-refractivity contribution < 1.29 is 24.1 Å². The van der Waals surface area contributed by atoms with Crippen LogP contribution in [0.2, 0.25) is 0 Å². The van der Waals surface area contributed by atoms with Gasteiger partial charge in [0.15, 0.2) is 0 Å². The number of aryl methyl sites for hydroxylation is 1. The average Bonchev–Trinajstić information content (AvgIpc) is 2.98. The van der Waals surface area contributed by atoms with Gasteiger partial charge in [-0.15, -0.1) is 0 Å². The number of hydrogen-bond acceptors (Lipinski definition) is 7. The molecule has 5 rings (SSSR count). The fourth-order valence-electron chi connectivity index (χ4n) is 5.54. The van der Waals surface area contributed by atoms with Crippen LogP contribution in [0.5, 0.6) is 0 Å². The Bertz CT molecular complexity index is 1780. The molecule has 0 fully saturated rings. The molecule has 9 heteroatoms. The van der Waals surface area contributed by atoms with Crippen LogP contribution in [0, 0.1) is 0 Å². The first kappa shape index (κ1) is 29.4. The number of nitrogens with one attached hydrogen (secondary N) is 1. The summed E-state index contributed by atoms with van der Waals surface area (Å²) in [6.45, 7) is 1.48. The highest BCUT2D eigenvalue weighted by Crippen LogP contribution is 2.36. The van der Waals surface area contributed by atoms with Gasteiger partial charge in [-0.2, -0.15) is 0 Å². The Balaban J connectivity index is 1.12. The highest BCUT2D eigenvalue weighted by molar-refractivity contribution is 6.23. The smallest absolute Gasteiger partial charge is 0.328 e. The maximum absolute atomic E-state index is 12.3. The summed E-state index contributed by atoms with van der Waals surface area (Å²) >= 11 is 0. The van der Waals surface area contributed by atoms with Crippen LogP contribution in [0.4, 0.5) is 0 Å². The summed E-state index contributed by atoms with van der Waals surface area (Å²) in [5, 5.41) is 18.3. The molecule has 0 radical (unpaired) electrons. The number of carbonyl (C=O) groups is 1. The maximum Gasteiger partial charge on any atom is 0.328 e. The summed E-state index contributed by atoms with van der Waals surface area (Å²) in [6, 6.07) is 19.8. The zero-order valence-electron chi connectivity index (χ0n) is 23.9. The van der Waals surface area contributed by atoms with Crippen LogP contribution in [-0.4, -0.2) is 53.2 Å². The Morgan fingerprint density at radius 1 is 0.929 bits per heavy atom. The highest BCUT2D eigenvalue weighted by atomic mass is 16.6. The average molecular weight is 573 g/mol. The lowest BCUT2D eigenvalue weighted by Gasteiger charge is -2.21. The van der Waals surface area contributed by atoms with Crippen LogP contribution >= 0.6 is 0 Å². The number of ether oxygens (including phenoxy) is 3. The lowest BCUT2D eigenvalue weighted by atomic mass is 9.90. The molecule has 0 amide bonds. The van der Waals surface area contributed by atoms with E-state index in [1.54, 1.807) is 0 Å². The Labute approximate surface area is 243 Å². The molecule has 4 aromatic carbocycles. The predicted octanol–water partition coefficient (Wildman–Crippen LogP) is 4.30. The molecule has 2 unspecified atom stereocenters. The number of esters is 1. The fraction of sp³-hybridized carbons (Fsp3) is 0.364. The largest absolute Gasteiger partial charge is 0.463 e. The van der Waals surface area contributed by atoms with Gasteiger partial charge >= 0.3 is 11.7 Å². The second-order valence-corrected chi connectivity index (χ2v) is 10.7. The minimum Gasteiger partial charge on any atom is -0.463 e. The third-order valence-corrected chi connectivity index (χ3v) is 7.76. The molecule has 1 aromatic heterocycles. The molecule has 0 aliphatic carbocycles. The normalized spacial score (nSPS) is 13.2. The summed E-state index contributed by atoms with van der Waals surface area (Å²) in [4.78, 5) is 37.9. The summed E-state index contributed by atoms with van der Waals surface area (Å²) in [5.41, 5.74) is 0.450. The predicted molar refractivity (Wildman–Crippen MR) is 162 cm³/mol. The van der Waals surface area contributed by atoms with E-state index in [0.717, 1.165) is 25.7 Å². The van der Waals surface area contributed by atoms with Crippen molar-refractivity contribution in [3.8, 4) is 0 Å². The molecule has 1 heterocycles. The zero-order valence-corrected chi connectivity index (χ0v) is 23.9. The van der Waals surface area contributed by atoms with Gasteiger partial charge in [0.25, 0.3) is 5.56 Å². The Morgan fingerprint density at radius 3 is 2.38 bits per heavy atom. The summed E-state index contributed by atoms with van der Waals surface area (Å²) in [5.74, 6) is -0.502. The minimum absolute atomic E-state index is 0.0435. The van der Waals surface area contributed by atoms with E-state index >= 15 is 0 Å². The Kier molecular flexibility index (Phi) is 9.31. The lowest BCUT2D eigenvalue weighted by Crippen LogP contribution is -2.41. The van der Waals surface area contributed by atoms with E-state index in [9.17, 15) is 19.5 Å². The molecule has 42 heavy (non-hydrogen) atoms. The molecule has 220 valence electrons. The van der Waals surface area contributed by atoms with Crippen molar-refractivity contribution in [1.29, 1.82) is 0 Å². The standard InChI is InChI=1S/C33H36N2O7/c1-21(36)42-20-29(40-2)28(37)18-35-17-26(32(38)34-33(35)39)19-41-16-5-3-4-7-22-10-11-25-13-12-23-8-6-9-24-14-15-27(22)31(25)30(23)24/h6,8-15,17,28-29,37H,3-5,7,16,18-20H2,1-2H3,(H,34,38,39). The van der Waals surface area contributed by atoms with Gasteiger partial charge in [-0.05, 0) is 57.1 Å². The number of aliphatic hydroxyl groups is 1. The van der Waals surface area contributed by atoms with Gasteiger partial charge in [-0.1, -0.05) is 61.0 Å². The second kappa shape index (κ2) is 13.3. The number of unbranched alkanes of at least 4 members (excludes halogenated alkanes) is 2.